The first-order valence-corrected chi connectivity index (χ1v) is 15.4. The third-order valence-electron chi connectivity index (χ3n) is 6.28. The second-order valence-electron chi connectivity index (χ2n) is 10.4. The Hall–Kier alpha value is -4.01. The van der Waals surface area contributed by atoms with Crippen LogP contribution in [-0.2, 0) is 85.7 Å². The molecule has 0 bridgehead atoms. The van der Waals surface area contributed by atoms with Gasteiger partial charge in [-0.05, 0) is 0 Å². The summed E-state index contributed by atoms with van der Waals surface area (Å²) in [6.07, 6.45) is -14.0. The maximum absolute atomic E-state index is 12.4. The smallest absolute Gasteiger partial charge is 0.303 e. The molecule has 0 aromatic heterocycles. The average Bonchev–Trinajstić information content (AvgIpc) is 2.94. The lowest BCUT2D eigenvalue weighted by atomic mass is 9.96. The minimum atomic E-state index is -1.80. The highest BCUT2D eigenvalue weighted by molar-refractivity contribution is 8.00. The summed E-state index contributed by atoms with van der Waals surface area (Å²) in [5.74, 6) is -7.05. The van der Waals surface area contributed by atoms with Gasteiger partial charge in [-0.2, -0.15) is 0 Å². The molecule has 1 amide bonds. The van der Waals surface area contributed by atoms with Gasteiger partial charge in [0.15, 0.2) is 36.8 Å². The van der Waals surface area contributed by atoms with Crippen molar-refractivity contribution in [2.45, 2.75) is 109 Å². The summed E-state index contributed by atoms with van der Waals surface area (Å²) in [4.78, 5) is 96.3. The monoisotopic (exact) mass is 709 g/mol. The second-order valence-corrected chi connectivity index (χ2v) is 11.5. The number of amides is 1. The zero-order chi connectivity index (χ0) is 36.3. The van der Waals surface area contributed by atoms with E-state index in [2.05, 4.69) is 0 Å². The minimum Gasteiger partial charge on any atom is -0.463 e. The molecule has 2 rings (SSSR count). The molecule has 0 saturated carbocycles. The number of ether oxygens (including phenoxy) is 10. The molecule has 2 saturated heterocycles. The molecule has 48 heavy (non-hydrogen) atoms. The summed E-state index contributed by atoms with van der Waals surface area (Å²) in [7, 11) is 0. The van der Waals surface area contributed by atoms with Crippen molar-refractivity contribution >= 4 is 59.5 Å². The lowest BCUT2D eigenvalue weighted by Gasteiger charge is -2.48. The van der Waals surface area contributed by atoms with Gasteiger partial charge in [0.25, 0.3) is 0 Å². The van der Waals surface area contributed by atoms with Gasteiger partial charge in [-0.15, -0.1) is 11.8 Å². The van der Waals surface area contributed by atoms with Gasteiger partial charge in [-0.25, -0.2) is 0 Å². The second kappa shape index (κ2) is 18.5. The van der Waals surface area contributed by atoms with Gasteiger partial charge in [0.2, 0.25) is 5.91 Å². The minimum absolute atomic E-state index is 0.333. The molecule has 0 radical (unpaired) electrons. The van der Waals surface area contributed by atoms with Crippen LogP contribution in [0.3, 0.4) is 0 Å². The number of hydrogen-bond acceptors (Lipinski definition) is 19. The predicted molar refractivity (Wildman–Crippen MR) is 155 cm³/mol. The zero-order valence-corrected chi connectivity index (χ0v) is 28.0. The summed E-state index contributed by atoms with van der Waals surface area (Å²) >= 11 is 0.788. The predicted octanol–water partition coefficient (Wildman–Crippen LogP) is -1.18. The van der Waals surface area contributed by atoms with Crippen LogP contribution >= 0.6 is 11.8 Å². The molecular weight excluding hydrogens is 670 g/mol. The van der Waals surface area contributed by atoms with Crippen LogP contribution in [0.15, 0.2) is 0 Å². The highest BCUT2D eigenvalue weighted by Crippen LogP contribution is 2.37. The Balaban J connectivity index is 2.72. The first-order valence-electron chi connectivity index (χ1n) is 14.4. The van der Waals surface area contributed by atoms with Crippen LogP contribution in [-0.4, -0.2) is 127 Å². The first kappa shape index (κ1) is 40.2. The molecule has 2 aliphatic heterocycles. The van der Waals surface area contributed by atoms with Gasteiger partial charge in [0, 0.05) is 48.5 Å². The number of carbonyl (C=O) groups is 8. The van der Waals surface area contributed by atoms with Gasteiger partial charge >= 0.3 is 41.8 Å². The zero-order valence-electron chi connectivity index (χ0n) is 27.2. The highest BCUT2D eigenvalue weighted by atomic mass is 32.2. The van der Waals surface area contributed by atoms with E-state index in [4.69, 9.17) is 53.1 Å². The number of carbonyl (C=O) groups excluding carboxylic acids is 8. The maximum atomic E-state index is 12.4. The lowest BCUT2D eigenvalue weighted by molar-refractivity contribution is -0.341. The third kappa shape index (κ3) is 12.5. The van der Waals surface area contributed by atoms with E-state index in [0.29, 0.717) is 0 Å². The van der Waals surface area contributed by atoms with E-state index in [1.165, 1.54) is 0 Å². The van der Waals surface area contributed by atoms with Crippen LogP contribution in [0.25, 0.3) is 0 Å². The molecule has 0 aromatic rings. The van der Waals surface area contributed by atoms with E-state index in [9.17, 15) is 38.4 Å². The molecule has 2 heterocycles. The first-order chi connectivity index (χ1) is 22.4. The topological polar surface area (TPSA) is 255 Å². The maximum Gasteiger partial charge on any atom is 0.303 e. The molecule has 20 heteroatoms. The molecule has 0 aliphatic carbocycles. The van der Waals surface area contributed by atoms with Crippen molar-refractivity contribution in [1.82, 2.24) is 0 Å². The van der Waals surface area contributed by atoms with E-state index in [-0.39, 0.29) is 5.75 Å². The number of rotatable bonds is 14. The Kier molecular flexibility index (Phi) is 15.5. The van der Waals surface area contributed by atoms with Crippen molar-refractivity contribution in [3.63, 3.8) is 0 Å². The average molecular weight is 710 g/mol. The molecule has 0 unspecified atom stereocenters. The summed E-state index contributed by atoms with van der Waals surface area (Å²) in [5, 5.41) is 0. The number of hydrogen-bond donors (Lipinski definition) is 1. The fourth-order valence-corrected chi connectivity index (χ4v) is 5.72. The van der Waals surface area contributed by atoms with E-state index in [1.807, 2.05) is 0 Å². The van der Waals surface area contributed by atoms with Crippen LogP contribution in [0.2, 0.25) is 0 Å². The van der Waals surface area contributed by atoms with E-state index < -0.39 is 121 Å². The molecule has 10 atom stereocenters. The number of nitrogens with two attached hydrogens (primary N) is 1. The fraction of sp³-hybridized carbons (Fsp3) is 0.714. The van der Waals surface area contributed by atoms with Crippen molar-refractivity contribution in [2.75, 3.05) is 19.0 Å². The molecule has 2 N–H and O–H groups in total. The normalized spacial score (nSPS) is 29.7. The van der Waals surface area contributed by atoms with Crippen LogP contribution < -0.4 is 5.73 Å². The van der Waals surface area contributed by atoms with Crippen LogP contribution in [0.5, 0.6) is 0 Å². The summed E-state index contributed by atoms with van der Waals surface area (Å²) < 4.78 is 55.7. The molecular formula is C28H39NO18S. The molecule has 19 nitrogen and oxygen atoms in total. The molecule has 0 spiro atoms. The van der Waals surface area contributed by atoms with Gasteiger partial charge in [-0.1, -0.05) is 0 Å². The lowest BCUT2D eigenvalue weighted by Crippen LogP contribution is -2.66. The number of thioether (sulfide) groups is 1. The molecule has 2 fully saturated rings. The summed E-state index contributed by atoms with van der Waals surface area (Å²) in [6, 6.07) is 0. The summed E-state index contributed by atoms with van der Waals surface area (Å²) in [5.41, 5.74) is 4.06. The Bertz CT molecular complexity index is 1230. The van der Waals surface area contributed by atoms with Gasteiger partial charge in [0.05, 0.1) is 5.75 Å². The quantitative estimate of drug-likeness (QED) is 0.164. The molecule has 2 aliphatic rings. The van der Waals surface area contributed by atoms with Crippen LogP contribution in [0.4, 0.5) is 0 Å². The summed E-state index contributed by atoms with van der Waals surface area (Å²) in [6.45, 7) is 6.24. The van der Waals surface area contributed by atoms with Crippen molar-refractivity contribution in [2.24, 2.45) is 5.73 Å². The Morgan fingerprint density at radius 2 is 0.917 bits per heavy atom. The third-order valence-corrected chi connectivity index (χ3v) is 7.43. The van der Waals surface area contributed by atoms with Crippen LogP contribution in [0.1, 0.15) is 48.5 Å². The largest absolute Gasteiger partial charge is 0.463 e. The Morgan fingerprint density at radius 3 is 1.35 bits per heavy atom. The van der Waals surface area contributed by atoms with Crippen molar-refractivity contribution in [3.8, 4) is 0 Å². The molecule has 270 valence electrons. The van der Waals surface area contributed by atoms with E-state index >= 15 is 0 Å². The fourth-order valence-electron chi connectivity index (χ4n) is 4.77. The Morgan fingerprint density at radius 1 is 0.521 bits per heavy atom. The van der Waals surface area contributed by atoms with Crippen molar-refractivity contribution < 1.29 is 85.7 Å². The van der Waals surface area contributed by atoms with Crippen LogP contribution in [0, 0.1) is 0 Å². The SMILES string of the molecule is CC(=O)OC[C@H]1O[C@@H](O[C@H]2[C@H](OC(C)=O)[C@@H](OC(C)=O)[C@H](SCC(N)=O)O[C@@H]2COC(C)=O)[C@H](OC(C)=O)[C@@H](OC(C)=O)[C@H]1OC(C)=O. The highest BCUT2D eigenvalue weighted by Gasteiger charge is 2.57. The number of esters is 7. The Labute approximate surface area is 278 Å². The van der Waals surface area contributed by atoms with Gasteiger partial charge < -0.3 is 53.1 Å². The van der Waals surface area contributed by atoms with E-state index in [0.717, 1.165) is 60.2 Å². The van der Waals surface area contributed by atoms with Crippen molar-refractivity contribution in [3.05, 3.63) is 0 Å². The number of primary amides is 1. The molecule has 0 aromatic carbocycles. The standard InChI is InChI=1S/C28H39NO18S/c1-11(30)38-8-18-21(40-13(3)32)23(41-14(4)33)25(43-16(6)35)27(45-18)47-22-19(9-39-12(2)31)46-28(48-10-20(29)37)26(44-17(7)36)24(22)42-15(5)34/h18-19,21-28H,8-10H2,1-7H3,(H2,29,37)/t18-,19-,21+,22-,23+,24+,25-,26-,27+,28+/m1/s1. The van der Waals surface area contributed by atoms with E-state index in [1.54, 1.807) is 0 Å². The van der Waals surface area contributed by atoms with Crippen molar-refractivity contribution in [1.29, 1.82) is 0 Å². The van der Waals surface area contributed by atoms with Gasteiger partial charge in [-0.3, -0.25) is 38.4 Å². The van der Waals surface area contributed by atoms with Gasteiger partial charge in [0.1, 0.15) is 37.0 Å².